The van der Waals surface area contributed by atoms with Crippen molar-refractivity contribution in [3.8, 4) is 11.5 Å². The molecule has 2 aromatic carbocycles. The Bertz CT molecular complexity index is 1790. The normalized spacial score (nSPS) is 25.6. The number of piperidine rings is 2. The lowest BCUT2D eigenvalue weighted by atomic mass is 9.81. The number of hydrogen-bond acceptors (Lipinski definition) is 11. The molecule has 4 fully saturated rings. The third-order valence-corrected chi connectivity index (χ3v) is 12.1. The summed E-state index contributed by atoms with van der Waals surface area (Å²) >= 11 is 1.71. The zero-order valence-corrected chi connectivity index (χ0v) is 30.0. The number of halogens is 1. The van der Waals surface area contributed by atoms with Crippen molar-refractivity contribution in [2.45, 2.75) is 93.5 Å². The van der Waals surface area contributed by atoms with E-state index in [1.54, 1.807) is 17.8 Å². The van der Waals surface area contributed by atoms with E-state index < -0.39 is 17.4 Å². The van der Waals surface area contributed by atoms with Gasteiger partial charge in [0, 0.05) is 36.0 Å². The number of nitrogens with one attached hydrogen (secondary N) is 3. The third kappa shape index (κ3) is 9.24. The Morgan fingerprint density at radius 3 is 2.44 bits per heavy atom. The van der Waals surface area contributed by atoms with Gasteiger partial charge in [-0.15, -0.1) is 0 Å². The molecule has 7 rings (SSSR count). The van der Waals surface area contributed by atoms with Gasteiger partial charge in [-0.25, -0.2) is 9.37 Å². The van der Waals surface area contributed by atoms with Gasteiger partial charge in [0.05, 0.1) is 24.0 Å². The summed E-state index contributed by atoms with van der Waals surface area (Å²) in [5.41, 5.74) is 0.632. The number of hydrogen-bond donors (Lipinski definition) is 3. The van der Waals surface area contributed by atoms with Gasteiger partial charge in [-0.3, -0.25) is 24.5 Å². The van der Waals surface area contributed by atoms with Crippen LogP contribution in [0.25, 0.3) is 10.9 Å². The topological polar surface area (TPSA) is 152 Å². The molecule has 2 saturated heterocycles. The monoisotopic (exact) mass is 735 g/mol. The quantitative estimate of drug-likeness (QED) is 0.153. The molecule has 14 heteroatoms. The molecule has 0 radical (unpaired) electrons. The van der Waals surface area contributed by atoms with Crippen molar-refractivity contribution in [3.05, 3.63) is 58.4 Å². The van der Waals surface area contributed by atoms with Crippen LogP contribution in [-0.4, -0.2) is 82.9 Å². The number of carbonyl (C=O) groups is 3. The van der Waals surface area contributed by atoms with Gasteiger partial charge in [-0.2, -0.15) is 11.8 Å². The fourth-order valence-electron chi connectivity index (χ4n) is 7.70. The van der Waals surface area contributed by atoms with Crippen LogP contribution in [-0.2, 0) is 24.9 Å². The molecular formula is C38H46FN5O7S. The molecule has 3 heterocycles. The van der Waals surface area contributed by atoms with E-state index in [0.717, 1.165) is 82.4 Å². The number of amides is 2. The number of aromatic nitrogens is 2. The molecule has 4 aliphatic rings. The van der Waals surface area contributed by atoms with Gasteiger partial charge >= 0.3 is 0 Å². The summed E-state index contributed by atoms with van der Waals surface area (Å²) in [6.07, 6.45) is 8.56. The molecule has 0 bridgehead atoms. The summed E-state index contributed by atoms with van der Waals surface area (Å²) in [5, 5.41) is 5.89. The number of fused-ring (bicyclic) bond motifs is 1. The van der Waals surface area contributed by atoms with Crippen molar-refractivity contribution in [1.29, 1.82) is 0 Å². The van der Waals surface area contributed by atoms with Crippen molar-refractivity contribution >= 4 is 46.6 Å². The summed E-state index contributed by atoms with van der Waals surface area (Å²) in [7, 11) is 0. The van der Waals surface area contributed by atoms with Gasteiger partial charge < -0.3 is 29.4 Å². The zero-order chi connectivity index (χ0) is 36.0. The number of ether oxygens (including phenoxy) is 3. The number of carbonyl (C=O) groups excluding carboxylic acids is 3. The number of nitrogens with zero attached hydrogens (tertiary/aromatic N) is 2. The fourth-order valence-corrected chi connectivity index (χ4v) is 8.84. The van der Waals surface area contributed by atoms with Crippen molar-refractivity contribution in [2.75, 3.05) is 31.6 Å². The van der Waals surface area contributed by atoms with Crippen LogP contribution in [0.1, 0.15) is 70.0 Å². The maximum atomic E-state index is 15.0. The van der Waals surface area contributed by atoms with Crippen LogP contribution in [0.4, 0.5) is 10.1 Å². The van der Waals surface area contributed by atoms with E-state index in [4.69, 9.17) is 14.2 Å². The highest BCUT2D eigenvalue weighted by molar-refractivity contribution is 7.99. The van der Waals surface area contributed by atoms with Crippen molar-refractivity contribution < 1.29 is 33.0 Å². The molecule has 52 heavy (non-hydrogen) atoms. The number of thioether (sulfide) groups is 1. The summed E-state index contributed by atoms with van der Waals surface area (Å²) in [6, 6.07) is 10.2. The van der Waals surface area contributed by atoms with Crippen LogP contribution in [0.15, 0.2) is 41.2 Å². The van der Waals surface area contributed by atoms with E-state index in [-0.39, 0.29) is 29.4 Å². The molecule has 1 unspecified atom stereocenters. The van der Waals surface area contributed by atoms with Crippen LogP contribution >= 0.6 is 11.8 Å². The summed E-state index contributed by atoms with van der Waals surface area (Å²) < 4.78 is 32.4. The summed E-state index contributed by atoms with van der Waals surface area (Å²) in [4.78, 5) is 56.6. The molecule has 0 spiro atoms. The second-order valence-corrected chi connectivity index (χ2v) is 15.8. The third-order valence-electron chi connectivity index (χ3n) is 10.7. The Kier molecular flexibility index (Phi) is 11.6. The SMILES string of the molecule is O=COC1CCC(SCc2nc3cc(OCC4CCN(CC5CC(Oc6ccc(NC7CCC(=O)NC7=O)cc6)C5)CC4)cc(F)c3c(=O)[nH]2)CC1. The first-order valence-electron chi connectivity index (χ1n) is 18.4. The highest BCUT2D eigenvalue weighted by Gasteiger charge is 2.33. The van der Waals surface area contributed by atoms with E-state index in [2.05, 4.69) is 25.5 Å². The lowest BCUT2D eigenvalue weighted by Gasteiger charge is -2.40. The average Bonchev–Trinajstić information content (AvgIpc) is 3.12. The molecule has 1 atom stereocenters. The highest BCUT2D eigenvalue weighted by atomic mass is 32.2. The van der Waals surface area contributed by atoms with E-state index >= 15 is 4.39 Å². The lowest BCUT2D eigenvalue weighted by Crippen LogP contribution is -2.47. The summed E-state index contributed by atoms with van der Waals surface area (Å²) in [5.74, 6) is 2.04. The van der Waals surface area contributed by atoms with Crippen LogP contribution in [0, 0.1) is 17.7 Å². The van der Waals surface area contributed by atoms with Gasteiger partial charge in [0.15, 0.2) is 0 Å². The molecule has 2 saturated carbocycles. The molecular weight excluding hydrogens is 690 g/mol. The number of anilines is 1. The molecule has 3 aromatic rings. The van der Waals surface area contributed by atoms with E-state index in [1.165, 1.54) is 6.07 Å². The number of H-pyrrole nitrogens is 1. The first kappa shape index (κ1) is 36.2. The molecule has 12 nitrogen and oxygen atoms in total. The molecule has 2 aliphatic carbocycles. The number of imide groups is 1. The summed E-state index contributed by atoms with van der Waals surface area (Å²) in [6.45, 7) is 4.04. The average molecular weight is 736 g/mol. The standard InChI is InChI=1S/C38H46FN5O7S/c39-31-17-28(18-33-36(31)38(48)42-34(41-33)21-52-30-7-5-26(6-8-30)50-22-45)49-20-23-11-13-44(14-12-23)19-24-15-29(16-24)51-27-3-1-25(2-4-27)40-32-9-10-35(46)43-37(32)47/h1-4,17-18,22-24,26,29-30,32,40H,5-16,19-21H2,(H,41,42,48)(H,43,46,47). The lowest BCUT2D eigenvalue weighted by molar-refractivity contribution is -0.135. The van der Waals surface area contributed by atoms with Gasteiger partial charge in [-0.1, -0.05) is 0 Å². The largest absolute Gasteiger partial charge is 0.493 e. The molecule has 1 aromatic heterocycles. The van der Waals surface area contributed by atoms with Crippen LogP contribution in [0.5, 0.6) is 11.5 Å². The van der Waals surface area contributed by atoms with Crippen molar-refractivity contribution in [1.82, 2.24) is 20.2 Å². The minimum Gasteiger partial charge on any atom is -0.493 e. The Hall–Kier alpha value is -4.17. The maximum absolute atomic E-state index is 15.0. The first-order chi connectivity index (χ1) is 25.3. The number of aromatic amines is 1. The van der Waals surface area contributed by atoms with Crippen molar-refractivity contribution in [3.63, 3.8) is 0 Å². The molecule has 2 aliphatic heterocycles. The minimum absolute atomic E-state index is 0.0124. The Balaban J connectivity index is 0.810. The number of likely N-dealkylation sites (tertiary alicyclic amines) is 1. The van der Waals surface area contributed by atoms with Gasteiger partial charge in [0.1, 0.15) is 40.7 Å². The number of benzene rings is 2. The predicted octanol–water partition coefficient (Wildman–Crippen LogP) is 4.95. The Morgan fingerprint density at radius 2 is 1.71 bits per heavy atom. The molecule has 2 amide bonds. The maximum Gasteiger partial charge on any atom is 0.293 e. The fraction of sp³-hybridized carbons (Fsp3) is 0.553. The second kappa shape index (κ2) is 16.7. The Labute approximate surface area is 305 Å². The van der Waals surface area contributed by atoms with Gasteiger partial charge in [0.2, 0.25) is 11.8 Å². The number of rotatable bonds is 14. The van der Waals surface area contributed by atoms with Crippen LogP contribution < -0.4 is 25.7 Å². The zero-order valence-electron chi connectivity index (χ0n) is 29.2. The first-order valence-corrected chi connectivity index (χ1v) is 19.5. The smallest absolute Gasteiger partial charge is 0.293 e. The van der Waals surface area contributed by atoms with Crippen molar-refractivity contribution in [2.24, 2.45) is 11.8 Å². The minimum atomic E-state index is -0.634. The molecule has 3 N–H and O–H groups in total. The van der Waals surface area contributed by atoms with Gasteiger partial charge in [0.25, 0.3) is 12.0 Å². The van der Waals surface area contributed by atoms with E-state index in [1.807, 2.05) is 24.3 Å². The second-order valence-electron chi connectivity index (χ2n) is 14.6. The Morgan fingerprint density at radius 1 is 0.942 bits per heavy atom. The molecule has 278 valence electrons. The van der Waals surface area contributed by atoms with E-state index in [0.29, 0.717) is 65.8 Å². The highest BCUT2D eigenvalue weighted by Crippen LogP contribution is 2.34. The predicted molar refractivity (Wildman–Crippen MR) is 195 cm³/mol. The van der Waals surface area contributed by atoms with E-state index in [9.17, 15) is 19.2 Å². The van der Waals surface area contributed by atoms with Crippen LogP contribution in [0.2, 0.25) is 0 Å². The van der Waals surface area contributed by atoms with Gasteiger partial charge in [-0.05, 0) is 107 Å². The van der Waals surface area contributed by atoms with Crippen LogP contribution in [0.3, 0.4) is 0 Å².